The van der Waals surface area contributed by atoms with Crippen LogP contribution in [-0.2, 0) is 0 Å². The molecule has 0 spiro atoms. The molecule has 1 saturated carbocycles. The molecule has 0 saturated heterocycles. The zero-order valence-electron chi connectivity index (χ0n) is 16.6. The quantitative estimate of drug-likeness (QED) is 0.393. The second-order valence-electron chi connectivity index (χ2n) is 7.29. The fourth-order valence-corrected chi connectivity index (χ4v) is 4.66. The van der Waals surface area contributed by atoms with Crippen molar-refractivity contribution in [2.45, 2.75) is 43.2 Å². The summed E-state index contributed by atoms with van der Waals surface area (Å²) in [6, 6.07) is 17.3. The van der Waals surface area contributed by atoms with Crippen LogP contribution in [0.15, 0.2) is 59.8 Å². The van der Waals surface area contributed by atoms with Crippen molar-refractivity contribution in [3.05, 3.63) is 66.0 Å². The maximum Gasteiger partial charge on any atom is 0.196 e. The smallest absolute Gasteiger partial charge is 0.196 e. The molecular formula is C23H25N3O2S. The molecule has 1 aliphatic rings. The first-order valence-electron chi connectivity index (χ1n) is 10.1. The minimum Gasteiger partial charge on any atom is -0.497 e. The standard InChI is InChI=1S/C23H25N3O2S/c1-28-20-14-12-19(13-15-20)26-22(18-10-6-3-7-11-18)24-25-23(26)29-16-21(27)17-8-4-2-5-9-17/h2,4-5,8-9,12-15,18H,3,6-7,10-11,16H2,1H3. The van der Waals surface area contributed by atoms with E-state index in [0.717, 1.165) is 40.8 Å². The highest BCUT2D eigenvalue weighted by atomic mass is 32.2. The Balaban J connectivity index is 1.62. The lowest BCUT2D eigenvalue weighted by Gasteiger charge is -2.22. The molecule has 1 fully saturated rings. The number of methoxy groups -OCH3 is 1. The van der Waals surface area contributed by atoms with E-state index >= 15 is 0 Å². The van der Waals surface area contributed by atoms with Gasteiger partial charge in [-0.1, -0.05) is 61.4 Å². The number of carbonyl (C=O) groups excluding carboxylic acids is 1. The third-order valence-corrected chi connectivity index (χ3v) is 6.32. The Kier molecular flexibility index (Phi) is 6.30. The van der Waals surface area contributed by atoms with Gasteiger partial charge in [0, 0.05) is 17.2 Å². The minimum absolute atomic E-state index is 0.0964. The fraction of sp³-hybridized carbons (Fsp3) is 0.348. The molecule has 0 N–H and O–H groups in total. The fourth-order valence-electron chi connectivity index (χ4n) is 3.81. The Hall–Kier alpha value is -2.60. The highest BCUT2D eigenvalue weighted by Gasteiger charge is 2.24. The molecular weight excluding hydrogens is 382 g/mol. The lowest BCUT2D eigenvalue weighted by Crippen LogP contribution is -2.12. The molecule has 5 nitrogen and oxygen atoms in total. The van der Waals surface area contributed by atoms with E-state index < -0.39 is 0 Å². The summed E-state index contributed by atoms with van der Waals surface area (Å²) in [7, 11) is 1.66. The average Bonchev–Trinajstić information content (AvgIpc) is 3.22. The van der Waals surface area contributed by atoms with Crippen molar-refractivity contribution in [1.29, 1.82) is 0 Å². The van der Waals surface area contributed by atoms with E-state index in [4.69, 9.17) is 4.74 Å². The molecule has 0 aliphatic heterocycles. The molecule has 0 bridgehead atoms. The largest absolute Gasteiger partial charge is 0.497 e. The van der Waals surface area contributed by atoms with Crippen LogP contribution in [-0.4, -0.2) is 33.4 Å². The number of hydrogen-bond acceptors (Lipinski definition) is 5. The van der Waals surface area contributed by atoms with Crippen LogP contribution in [0.3, 0.4) is 0 Å². The highest BCUT2D eigenvalue weighted by molar-refractivity contribution is 7.99. The number of ketones is 1. The molecule has 1 aliphatic carbocycles. The van der Waals surface area contributed by atoms with Crippen molar-refractivity contribution < 1.29 is 9.53 Å². The molecule has 3 aromatic rings. The van der Waals surface area contributed by atoms with Gasteiger partial charge in [0.1, 0.15) is 11.6 Å². The van der Waals surface area contributed by atoms with Crippen molar-refractivity contribution in [2.24, 2.45) is 0 Å². The first kappa shape index (κ1) is 19.7. The molecule has 0 radical (unpaired) electrons. The summed E-state index contributed by atoms with van der Waals surface area (Å²) in [6.07, 6.45) is 6.04. The Morgan fingerprint density at radius 1 is 1.03 bits per heavy atom. The lowest BCUT2D eigenvalue weighted by atomic mass is 9.88. The molecule has 150 valence electrons. The van der Waals surface area contributed by atoms with Gasteiger partial charge in [-0.2, -0.15) is 0 Å². The Morgan fingerprint density at radius 2 is 1.76 bits per heavy atom. The lowest BCUT2D eigenvalue weighted by molar-refractivity contribution is 0.102. The molecule has 0 atom stereocenters. The maximum absolute atomic E-state index is 12.6. The number of nitrogens with zero attached hydrogens (tertiary/aromatic N) is 3. The molecule has 1 aromatic heterocycles. The van der Waals surface area contributed by atoms with Crippen molar-refractivity contribution in [3.63, 3.8) is 0 Å². The second kappa shape index (κ2) is 9.27. The van der Waals surface area contributed by atoms with Gasteiger partial charge in [-0.25, -0.2) is 0 Å². The Bertz CT molecular complexity index is 948. The Morgan fingerprint density at radius 3 is 2.45 bits per heavy atom. The molecule has 4 rings (SSSR count). The van der Waals surface area contributed by atoms with Crippen LogP contribution in [0, 0.1) is 0 Å². The van der Waals surface area contributed by atoms with Crippen LogP contribution >= 0.6 is 11.8 Å². The van der Waals surface area contributed by atoms with Gasteiger partial charge >= 0.3 is 0 Å². The normalized spacial score (nSPS) is 14.7. The number of rotatable bonds is 7. The zero-order valence-corrected chi connectivity index (χ0v) is 17.4. The number of Topliss-reactive ketones (excluding diaryl/α,β-unsaturated/α-hetero) is 1. The van der Waals surface area contributed by atoms with E-state index in [2.05, 4.69) is 14.8 Å². The third kappa shape index (κ3) is 4.53. The van der Waals surface area contributed by atoms with E-state index in [-0.39, 0.29) is 5.78 Å². The van der Waals surface area contributed by atoms with Gasteiger partial charge in [-0.3, -0.25) is 9.36 Å². The summed E-state index contributed by atoms with van der Waals surface area (Å²) >= 11 is 1.45. The van der Waals surface area contributed by atoms with Crippen LogP contribution < -0.4 is 4.74 Å². The van der Waals surface area contributed by atoms with E-state index in [1.54, 1.807) is 7.11 Å². The number of aromatic nitrogens is 3. The van der Waals surface area contributed by atoms with Gasteiger partial charge in [-0.05, 0) is 37.1 Å². The number of ether oxygens (including phenoxy) is 1. The number of thioether (sulfide) groups is 1. The molecule has 0 unspecified atom stereocenters. The summed E-state index contributed by atoms with van der Waals surface area (Å²) in [5.41, 5.74) is 1.73. The van der Waals surface area contributed by atoms with Gasteiger partial charge in [0.25, 0.3) is 0 Å². The van der Waals surface area contributed by atoms with E-state index in [0.29, 0.717) is 11.7 Å². The number of hydrogen-bond donors (Lipinski definition) is 0. The van der Waals surface area contributed by atoms with Gasteiger partial charge < -0.3 is 4.74 Å². The summed E-state index contributed by atoms with van der Waals surface area (Å²) in [6.45, 7) is 0. The van der Waals surface area contributed by atoms with Crippen LogP contribution in [0.2, 0.25) is 0 Å². The topological polar surface area (TPSA) is 57.0 Å². The van der Waals surface area contributed by atoms with E-state index in [1.165, 1.54) is 31.0 Å². The molecule has 2 aromatic carbocycles. The van der Waals surface area contributed by atoms with Crippen molar-refractivity contribution in [2.75, 3.05) is 12.9 Å². The van der Waals surface area contributed by atoms with Crippen LogP contribution in [0.1, 0.15) is 54.2 Å². The highest BCUT2D eigenvalue weighted by Crippen LogP contribution is 2.35. The van der Waals surface area contributed by atoms with Crippen LogP contribution in [0.5, 0.6) is 5.75 Å². The first-order valence-corrected chi connectivity index (χ1v) is 11.1. The van der Waals surface area contributed by atoms with Crippen molar-refractivity contribution in [3.8, 4) is 11.4 Å². The van der Waals surface area contributed by atoms with Gasteiger partial charge in [0.05, 0.1) is 12.9 Å². The van der Waals surface area contributed by atoms with Gasteiger partial charge in [-0.15, -0.1) is 10.2 Å². The van der Waals surface area contributed by atoms with Gasteiger partial charge in [0.15, 0.2) is 10.9 Å². The monoisotopic (exact) mass is 407 g/mol. The third-order valence-electron chi connectivity index (χ3n) is 5.39. The van der Waals surface area contributed by atoms with Crippen LogP contribution in [0.25, 0.3) is 5.69 Å². The zero-order chi connectivity index (χ0) is 20.1. The van der Waals surface area contributed by atoms with Crippen molar-refractivity contribution in [1.82, 2.24) is 14.8 Å². The van der Waals surface area contributed by atoms with Gasteiger partial charge in [0.2, 0.25) is 0 Å². The summed E-state index contributed by atoms with van der Waals surface area (Å²) in [4.78, 5) is 12.6. The molecule has 0 amide bonds. The average molecular weight is 408 g/mol. The number of benzene rings is 2. The SMILES string of the molecule is COc1ccc(-n2c(SCC(=O)c3ccccc3)nnc2C2CCCCC2)cc1. The minimum atomic E-state index is 0.0964. The molecule has 29 heavy (non-hydrogen) atoms. The predicted octanol–water partition coefficient (Wildman–Crippen LogP) is 5.30. The number of carbonyl (C=O) groups is 1. The molecule has 1 heterocycles. The van der Waals surface area contributed by atoms with E-state index in [1.807, 2.05) is 54.6 Å². The van der Waals surface area contributed by atoms with Crippen molar-refractivity contribution >= 4 is 17.5 Å². The van der Waals surface area contributed by atoms with E-state index in [9.17, 15) is 4.79 Å². The first-order chi connectivity index (χ1) is 14.3. The predicted molar refractivity (Wildman–Crippen MR) is 115 cm³/mol. The summed E-state index contributed by atoms with van der Waals surface area (Å²) in [5, 5.41) is 9.79. The molecule has 6 heteroatoms. The summed E-state index contributed by atoms with van der Waals surface area (Å²) in [5.74, 6) is 2.67. The second-order valence-corrected chi connectivity index (χ2v) is 8.23. The van der Waals surface area contributed by atoms with Crippen LogP contribution in [0.4, 0.5) is 0 Å². The summed E-state index contributed by atoms with van der Waals surface area (Å²) < 4.78 is 7.42. The Labute approximate surface area is 175 Å². The maximum atomic E-state index is 12.6.